The Balaban J connectivity index is 1.45. The Labute approximate surface area is 145 Å². The summed E-state index contributed by atoms with van der Waals surface area (Å²) in [5.41, 5.74) is 0.286. The van der Waals surface area contributed by atoms with Crippen LogP contribution in [0.4, 0.5) is 0 Å². The summed E-state index contributed by atoms with van der Waals surface area (Å²) in [5.74, 6) is 2.05. The number of hydrogen-bond donors (Lipinski definition) is 0. The van der Waals surface area contributed by atoms with E-state index in [1.807, 2.05) is 11.9 Å². The molecule has 4 aliphatic rings. The number of carbonyl (C=O) groups is 1. The maximum atomic E-state index is 12.8. The summed E-state index contributed by atoms with van der Waals surface area (Å²) in [6.07, 6.45) is 8.63. The van der Waals surface area contributed by atoms with Gasteiger partial charge in [0, 0.05) is 22.7 Å². The van der Waals surface area contributed by atoms with Crippen LogP contribution in [-0.4, -0.2) is 22.2 Å². The average Bonchev–Trinajstić information content (AvgIpc) is 2.87. The molecule has 4 fully saturated rings. The number of halogens is 1. The molecule has 1 amide bonds. The molecule has 0 radical (unpaired) electrons. The van der Waals surface area contributed by atoms with E-state index in [1.54, 1.807) is 11.3 Å². The minimum Gasteiger partial charge on any atom is -0.341 e. The van der Waals surface area contributed by atoms with Gasteiger partial charge >= 0.3 is 0 Å². The zero-order valence-electron chi connectivity index (χ0n) is 13.2. The highest BCUT2D eigenvalue weighted by molar-refractivity contribution is 9.10. The van der Waals surface area contributed by atoms with E-state index in [1.165, 1.54) is 43.4 Å². The van der Waals surface area contributed by atoms with E-state index < -0.39 is 0 Å². The Kier molecular flexibility index (Phi) is 3.69. The molecule has 4 saturated carbocycles. The quantitative estimate of drug-likeness (QED) is 0.683. The summed E-state index contributed by atoms with van der Waals surface area (Å²) < 4.78 is 0.351. The van der Waals surface area contributed by atoms with Gasteiger partial charge in [0.2, 0.25) is 5.91 Å². The van der Waals surface area contributed by atoms with E-state index in [0.717, 1.165) is 24.8 Å². The van der Waals surface area contributed by atoms with Gasteiger partial charge in [-0.3, -0.25) is 4.79 Å². The highest BCUT2D eigenvalue weighted by atomic mass is 79.9. The molecule has 120 valence electrons. The van der Waals surface area contributed by atoms with Gasteiger partial charge in [-0.15, -0.1) is 11.3 Å². The maximum absolute atomic E-state index is 12.8. The van der Waals surface area contributed by atoms with Gasteiger partial charge in [0.15, 0.2) is 0 Å². The normalized spacial score (nSPS) is 39.2. The second-order valence-corrected chi connectivity index (χ2v) is 10.8. The number of thiophene rings is 1. The molecule has 22 heavy (non-hydrogen) atoms. The monoisotopic (exact) mass is 381 g/mol. The van der Waals surface area contributed by atoms with E-state index in [4.69, 9.17) is 0 Å². The Morgan fingerprint density at radius 3 is 2.68 bits per heavy atom. The van der Waals surface area contributed by atoms with E-state index in [2.05, 4.69) is 33.4 Å². The minimum absolute atomic E-state index is 0.286. The Hall–Kier alpha value is -0.350. The van der Waals surface area contributed by atoms with Crippen LogP contribution in [0.2, 0.25) is 0 Å². The Morgan fingerprint density at radius 2 is 2.09 bits per heavy atom. The van der Waals surface area contributed by atoms with Crippen molar-refractivity contribution in [3.8, 4) is 0 Å². The molecule has 4 bridgehead atoms. The van der Waals surface area contributed by atoms with Crippen LogP contribution in [-0.2, 0) is 11.3 Å². The van der Waals surface area contributed by atoms with Gasteiger partial charge in [-0.25, -0.2) is 0 Å². The van der Waals surface area contributed by atoms with Crippen LogP contribution >= 0.6 is 27.3 Å². The molecule has 2 nitrogen and oxygen atoms in total. The molecule has 0 spiro atoms. The van der Waals surface area contributed by atoms with Crippen molar-refractivity contribution in [2.24, 2.45) is 17.3 Å². The Morgan fingerprint density at radius 1 is 1.36 bits per heavy atom. The first-order valence-electron chi connectivity index (χ1n) is 8.41. The fourth-order valence-corrected chi connectivity index (χ4v) is 7.99. The van der Waals surface area contributed by atoms with Gasteiger partial charge in [-0.2, -0.15) is 0 Å². The lowest BCUT2D eigenvalue weighted by molar-refractivity contribution is -0.137. The minimum atomic E-state index is 0.286. The summed E-state index contributed by atoms with van der Waals surface area (Å²) in [4.78, 5) is 16.0. The molecule has 2 atom stereocenters. The topological polar surface area (TPSA) is 20.3 Å². The van der Waals surface area contributed by atoms with Gasteiger partial charge in [-0.05, 0) is 67.2 Å². The van der Waals surface area contributed by atoms with Gasteiger partial charge in [0.05, 0.1) is 6.54 Å². The molecule has 0 N–H and O–H groups in total. The van der Waals surface area contributed by atoms with E-state index in [-0.39, 0.29) is 5.41 Å². The summed E-state index contributed by atoms with van der Waals surface area (Å²) >= 11 is 5.78. The Bertz CT molecular complexity index is 556. The van der Waals surface area contributed by atoms with Crippen LogP contribution in [0.1, 0.15) is 49.8 Å². The first kappa shape index (κ1) is 15.2. The van der Waals surface area contributed by atoms with Crippen LogP contribution in [0.3, 0.4) is 0 Å². The van der Waals surface area contributed by atoms with Crippen molar-refractivity contribution in [2.75, 3.05) is 7.05 Å². The molecule has 4 aliphatic carbocycles. The molecule has 5 rings (SSSR count). The summed E-state index contributed by atoms with van der Waals surface area (Å²) in [5, 5.41) is 2.08. The second-order valence-electron chi connectivity index (χ2n) is 8.12. The van der Waals surface area contributed by atoms with Crippen molar-refractivity contribution in [3.05, 3.63) is 22.4 Å². The number of hydrogen-bond acceptors (Lipinski definition) is 2. The predicted molar refractivity (Wildman–Crippen MR) is 94.2 cm³/mol. The van der Waals surface area contributed by atoms with Crippen molar-refractivity contribution in [1.29, 1.82) is 0 Å². The van der Waals surface area contributed by atoms with Crippen LogP contribution < -0.4 is 0 Å². The zero-order valence-corrected chi connectivity index (χ0v) is 15.6. The number of alkyl halides is 1. The smallest absolute Gasteiger partial charge is 0.223 e. The highest BCUT2D eigenvalue weighted by Gasteiger charge is 2.57. The number of carbonyl (C=O) groups excluding carboxylic acids is 1. The fourth-order valence-electron chi connectivity index (χ4n) is 5.72. The lowest BCUT2D eigenvalue weighted by atomic mass is 9.48. The summed E-state index contributed by atoms with van der Waals surface area (Å²) in [7, 11) is 1.96. The third kappa shape index (κ3) is 2.77. The van der Waals surface area contributed by atoms with E-state index >= 15 is 0 Å². The molecule has 1 aromatic rings. The number of nitrogens with zero attached hydrogens (tertiary/aromatic N) is 1. The first-order valence-corrected chi connectivity index (χ1v) is 10.1. The predicted octanol–water partition coefficient (Wildman–Crippen LogP) is 4.83. The molecule has 2 unspecified atom stereocenters. The molecule has 1 heterocycles. The number of rotatable bonds is 4. The van der Waals surface area contributed by atoms with Crippen LogP contribution in [0.5, 0.6) is 0 Å². The van der Waals surface area contributed by atoms with Crippen LogP contribution in [0, 0.1) is 17.3 Å². The van der Waals surface area contributed by atoms with Gasteiger partial charge in [0.25, 0.3) is 0 Å². The average molecular weight is 382 g/mol. The van der Waals surface area contributed by atoms with Crippen molar-refractivity contribution in [1.82, 2.24) is 4.90 Å². The molecule has 0 saturated heterocycles. The molecule has 1 aromatic heterocycles. The molecule has 0 aromatic carbocycles. The van der Waals surface area contributed by atoms with Crippen molar-refractivity contribution in [3.63, 3.8) is 0 Å². The third-order valence-corrected chi connectivity index (χ3v) is 7.82. The summed E-state index contributed by atoms with van der Waals surface area (Å²) in [6, 6.07) is 4.18. The van der Waals surface area contributed by atoms with Crippen LogP contribution in [0.15, 0.2) is 17.5 Å². The fraction of sp³-hybridized carbons (Fsp3) is 0.722. The highest BCUT2D eigenvalue weighted by Crippen LogP contribution is 2.65. The molecular weight excluding hydrogens is 358 g/mol. The third-order valence-electron chi connectivity index (χ3n) is 6.04. The maximum Gasteiger partial charge on any atom is 0.223 e. The molecule has 4 heteroatoms. The van der Waals surface area contributed by atoms with Crippen molar-refractivity contribution in [2.45, 2.75) is 55.8 Å². The second kappa shape index (κ2) is 5.34. The summed E-state index contributed by atoms with van der Waals surface area (Å²) in [6.45, 7) is 0.763. The first-order chi connectivity index (χ1) is 10.5. The van der Waals surface area contributed by atoms with E-state index in [9.17, 15) is 4.79 Å². The van der Waals surface area contributed by atoms with E-state index in [0.29, 0.717) is 10.2 Å². The molecular formula is C18H24BrNOS. The lowest BCUT2D eigenvalue weighted by Gasteiger charge is -2.60. The van der Waals surface area contributed by atoms with Gasteiger partial charge < -0.3 is 4.90 Å². The van der Waals surface area contributed by atoms with Crippen LogP contribution in [0.25, 0.3) is 0 Å². The standard InChI is InChI=1S/C18H24BrNOS/c1-20(11-15-3-2-4-22-15)16(21)10-17-6-13-5-14(7-17)9-18(19,8-13)12-17/h2-4,13-14H,5-12H2,1H3. The van der Waals surface area contributed by atoms with Gasteiger partial charge in [-0.1, -0.05) is 22.0 Å². The SMILES string of the molecule is CN(Cc1cccs1)C(=O)CC12CC3CC(CC(Br)(C3)C1)C2. The van der Waals surface area contributed by atoms with Gasteiger partial charge in [0.1, 0.15) is 0 Å². The largest absolute Gasteiger partial charge is 0.341 e. The lowest BCUT2D eigenvalue weighted by Crippen LogP contribution is -2.54. The zero-order chi connectivity index (χ0) is 15.4. The van der Waals surface area contributed by atoms with Crippen molar-refractivity contribution >= 4 is 33.2 Å². The number of amides is 1. The molecule has 0 aliphatic heterocycles. The van der Waals surface area contributed by atoms with Crippen molar-refractivity contribution < 1.29 is 4.79 Å².